The number of carbonyl (C=O) groups excluding carboxylic acids is 2. The van der Waals surface area contributed by atoms with E-state index in [0.29, 0.717) is 0 Å². The summed E-state index contributed by atoms with van der Waals surface area (Å²) in [5, 5.41) is 8.04. The molecule has 0 saturated carbocycles. The summed E-state index contributed by atoms with van der Waals surface area (Å²) in [4.78, 5) is 21.6. The molecule has 2 N–H and O–H groups in total. The number of urea groups is 1. The number of ether oxygens (including phenoxy) is 1. The molecule has 0 aliphatic heterocycles. The first-order valence-electron chi connectivity index (χ1n) is 3.74. The highest BCUT2D eigenvalue weighted by Gasteiger charge is 2.05. The predicted molar refractivity (Wildman–Crippen MR) is 45.5 cm³/mol. The van der Waals surface area contributed by atoms with Crippen LogP contribution in [0.25, 0.3) is 0 Å². The Hall–Kier alpha value is -2.05. The van der Waals surface area contributed by atoms with E-state index in [2.05, 4.69) is 25.1 Å². The van der Waals surface area contributed by atoms with E-state index in [9.17, 15) is 9.59 Å². The molecule has 0 atom stereocenters. The van der Waals surface area contributed by atoms with E-state index in [4.69, 9.17) is 0 Å². The van der Waals surface area contributed by atoms with Gasteiger partial charge in [0.25, 0.3) is 0 Å². The second kappa shape index (κ2) is 4.85. The van der Waals surface area contributed by atoms with Crippen LogP contribution in [0.5, 0.6) is 0 Å². The van der Waals surface area contributed by atoms with Gasteiger partial charge in [-0.15, -0.1) is 0 Å². The van der Waals surface area contributed by atoms with Crippen molar-refractivity contribution in [2.45, 2.75) is 0 Å². The van der Waals surface area contributed by atoms with E-state index in [1.807, 2.05) is 0 Å². The number of carbonyl (C=O) groups is 2. The average molecular weight is 199 g/mol. The Balaban J connectivity index is 2.26. The summed E-state index contributed by atoms with van der Waals surface area (Å²) in [6.45, 7) is -0.194. The van der Waals surface area contributed by atoms with Crippen molar-refractivity contribution >= 4 is 17.8 Å². The van der Waals surface area contributed by atoms with E-state index in [0.717, 1.165) is 0 Å². The Labute approximate surface area is 79.4 Å². The van der Waals surface area contributed by atoms with Crippen molar-refractivity contribution in [2.75, 3.05) is 19.0 Å². The zero-order valence-electron chi connectivity index (χ0n) is 7.44. The molecule has 76 valence electrons. The second-order valence-electron chi connectivity index (χ2n) is 2.27. The predicted octanol–water partition coefficient (Wildman–Crippen LogP) is -0.0309. The van der Waals surface area contributed by atoms with Crippen molar-refractivity contribution in [3.8, 4) is 0 Å². The summed E-state index contributed by atoms with van der Waals surface area (Å²) in [5.41, 5.74) is 0. The number of rotatable bonds is 3. The Morgan fingerprint density at radius 2 is 2.43 bits per heavy atom. The fraction of sp³-hybridized carbons (Fsp3) is 0.286. The largest absolute Gasteiger partial charge is 0.468 e. The van der Waals surface area contributed by atoms with Crippen LogP contribution in [-0.4, -0.2) is 30.8 Å². The molecule has 0 bridgehead atoms. The van der Waals surface area contributed by atoms with Gasteiger partial charge in [-0.2, -0.15) is 0 Å². The summed E-state index contributed by atoms with van der Waals surface area (Å²) < 4.78 is 8.80. The van der Waals surface area contributed by atoms with Gasteiger partial charge in [-0.3, -0.25) is 10.1 Å². The zero-order valence-corrected chi connectivity index (χ0v) is 7.44. The first kappa shape index (κ1) is 10.0. The molecule has 0 aliphatic carbocycles. The molecule has 0 aliphatic rings. The first-order valence-corrected chi connectivity index (χ1v) is 3.74. The van der Waals surface area contributed by atoms with Gasteiger partial charge in [-0.05, 0) is 0 Å². The highest BCUT2D eigenvalue weighted by Crippen LogP contribution is 1.99. The van der Waals surface area contributed by atoms with Gasteiger partial charge >= 0.3 is 12.0 Å². The SMILES string of the molecule is COC(=O)CNC(=O)Nc1ccon1. The molecule has 7 heteroatoms. The summed E-state index contributed by atoms with van der Waals surface area (Å²) in [5.74, 6) is -0.257. The lowest BCUT2D eigenvalue weighted by Gasteiger charge is -2.02. The fourth-order valence-electron chi connectivity index (χ4n) is 0.662. The molecule has 1 aromatic rings. The molecule has 14 heavy (non-hydrogen) atoms. The normalized spacial score (nSPS) is 9.21. The maximum Gasteiger partial charge on any atom is 0.325 e. The molecule has 0 radical (unpaired) electrons. The number of nitrogens with one attached hydrogen (secondary N) is 2. The third-order valence-electron chi connectivity index (χ3n) is 1.30. The number of hydrogen-bond acceptors (Lipinski definition) is 5. The maximum atomic E-state index is 11.0. The number of hydrogen-bond donors (Lipinski definition) is 2. The molecule has 1 aromatic heterocycles. The van der Waals surface area contributed by atoms with E-state index >= 15 is 0 Å². The lowest BCUT2D eigenvalue weighted by atomic mass is 10.6. The third kappa shape index (κ3) is 3.13. The average Bonchev–Trinajstić information content (AvgIpc) is 2.66. The fourth-order valence-corrected chi connectivity index (χ4v) is 0.662. The highest BCUT2D eigenvalue weighted by molar-refractivity contribution is 5.90. The van der Waals surface area contributed by atoms with Crippen molar-refractivity contribution < 1.29 is 18.8 Å². The summed E-state index contributed by atoms with van der Waals surface area (Å²) in [6, 6.07) is 0.918. The minimum atomic E-state index is -0.552. The molecular formula is C7H9N3O4. The van der Waals surface area contributed by atoms with E-state index < -0.39 is 12.0 Å². The lowest BCUT2D eigenvalue weighted by molar-refractivity contribution is -0.139. The molecule has 2 amide bonds. The van der Waals surface area contributed by atoms with Gasteiger partial charge in [-0.1, -0.05) is 5.16 Å². The Morgan fingerprint density at radius 3 is 3.00 bits per heavy atom. The second-order valence-corrected chi connectivity index (χ2v) is 2.27. The van der Waals surface area contributed by atoms with Crippen molar-refractivity contribution in [2.24, 2.45) is 0 Å². The summed E-state index contributed by atoms with van der Waals surface area (Å²) in [6.07, 6.45) is 1.32. The number of esters is 1. The van der Waals surface area contributed by atoms with Gasteiger partial charge in [0.05, 0.1) is 7.11 Å². The third-order valence-corrected chi connectivity index (χ3v) is 1.30. The molecule has 0 unspecified atom stereocenters. The van der Waals surface area contributed by atoms with Crippen molar-refractivity contribution in [3.63, 3.8) is 0 Å². The van der Waals surface area contributed by atoms with Crippen LogP contribution in [0, 0.1) is 0 Å². The minimum Gasteiger partial charge on any atom is -0.468 e. The van der Waals surface area contributed by atoms with E-state index in [-0.39, 0.29) is 12.4 Å². The van der Waals surface area contributed by atoms with Gasteiger partial charge in [0.1, 0.15) is 12.8 Å². The zero-order chi connectivity index (χ0) is 10.4. The van der Waals surface area contributed by atoms with Gasteiger partial charge in [-0.25, -0.2) is 4.79 Å². The standard InChI is InChI=1S/C7H9N3O4/c1-13-6(11)4-8-7(12)9-5-2-3-14-10-5/h2-3H,4H2,1H3,(H2,8,9,10,12). The van der Waals surface area contributed by atoms with Crippen molar-refractivity contribution in [1.82, 2.24) is 10.5 Å². The quantitative estimate of drug-likeness (QED) is 0.666. The first-order chi connectivity index (χ1) is 6.72. The monoisotopic (exact) mass is 199 g/mol. The molecule has 0 spiro atoms. The number of methoxy groups -OCH3 is 1. The minimum absolute atomic E-state index is 0.194. The van der Waals surface area contributed by atoms with Crippen LogP contribution < -0.4 is 10.6 Å². The van der Waals surface area contributed by atoms with E-state index in [1.165, 1.54) is 19.4 Å². The molecule has 0 aromatic carbocycles. The van der Waals surface area contributed by atoms with Crippen LogP contribution in [0.15, 0.2) is 16.9 Å². The van der Waals surface area contributed by atoms with Crippen LogP contribution in [0.3, 0.4) is 0 Å². The summed E-state index contributed by atoms with van der Waals surface area (Å²) >= 11 is 0. The van der Waals surface area contributed by atoms with Gasteiger partial charge in [0.2, 0.25) is 0 Å². The van der Waals surface area contributed by atoms with Crippen LogP contribution in [0.1, 0.15) is 0 Å². The van der Waals surface area contributed by atoms with Gasteiger partial charge < -0.3 is 14.6 Å². The van der Waals surface area contributed by atoms with Crippen LogP contribution >= 0.6 is 0 Å². The summed E-state index contributed by atoms with van der Waals surface area (Å²) in [7, 11) is 1.24. The Bertz CT molecular complexity index is 309. The molecule has 0 saturated heterocycles. The molecular weight excluding hydrogens is 190 g/mol. The van der Waals surface area contributed by atoms with Gasteiger partial charge in [0, 0.05) is 6.07 Å². The Kier molecular flexibility index (Phi) is 3.48. The Morgan fingerprint density at radius 1 is 1.64 bits per heavy atom. The smallest absolute Gasteiger partial charge is 0.325 e. The molecule has 1 rings (SSSR count). The maximum absolute atomic E-state index is 11.0. The van der Waals surface area contributed by atoms with Crippen LogP contribution in [0.4, 0.5) is 10.6 Å². The van der Waals surface area contributed by atoms with Gasteiger partial charge in [0.15, 0.2) is 5.82 Å². The number of amides is 2. The van der Waals surface area contributed by atoms with Crippen LogP contribution in [0.2, 0.25) is 0 Å². The topological polar surface area (TPSA) is 93.5 Å². The number of nitrogens with zero attached hydrogens (tertiary/aromatic N) is 1. The molecule has 0 fully saturated rings. The lowest BCUT2D eigenvalue weighted by Crippen LogP contribution is -2.33. The molecule has 1 heterocycles. The van der Waals surface area contributed by atoms with Crippen LogP contribution in [-0.2, 0) is 9.53 Å². The van der Waals surface area contributed by atoms with Crippen molar-refractivity contribution in [1.29, 1.82) is 0 Å². The number of aromatic nitrogens is 1. The van der Waals surface area contributed by atoms with Crippen molar-refractivity contribution in [3.05, 3.63) is 12.3 Å². The number of anilines is 1. The van der Waals surface area contributed by atoms with E-state index in [1.54, 1.807) is 0 Å². The highest BCUT2D eigenvalue weighted by atomic mass is 16.5. The molecule has 7 nitrogen and oxygen atoms in total.